The Hall–Kier alpha value is -1.96. The monoisotopic (exact) mass is 264 g/mol. The van der Waals surface area contributed by atoms with Crippen molar-refractivity contribution in [3.63, 3.8) is 0 Å². The number of Topliss-reactive ketones (excluding diaryl/α,β-unsaturated/α-hetero) is 1. The zero-order chi connectivity index (χ0) is 14.2. The van der Waals surface area contributed by atoms with E-state index in [9.17, 15) is 13.6 Å². The van der Waals surface area contributed by atoms with Crippen LogP contribution in [0.2, 0.25) is 0 Å². The number of hydrogen-bond donors (Lipinski definition) is 0. The summed E-state index contributed by atoms with van der Waals surface area (Å²) in [6.07, 6.45) is 0.388. The first-order chi connectivity index (χ1) is 8.86. The number of rotatable bonds is 3. The molecular formula is C14H14F2N2O. The highest BCUT2D eigenvalue weighted by Crippen LogP contribution is 2.38. The lowest BCUT2D eigenvalue weighted by Crippen LogP contribution is -2.55. The van der Waals surface area contributed by atoms with Gasteiger partial charge in [0.25, 0.3) is 0 Å². The van der Waals surface area contributed by atoms with Gasteiger partial charge in [-0.3, -0.25) is 4.79 Å². The standard InChI is InChI=1S/C14H14F2N2O/c1-9(19)10-5-12(16)13(6-11(10)15)18-7-14(2,8-18)3-4-17/h5-6H,3,7-8H2,1-2H3. The fourth-order valence-corrected chi connectivity index (χ4v) is 2.40. The van der Waals surface area contributed by atoms with Crippen molar-refractivity contribution in [2.75, 3.05) is 18.0 Å². The minimum absolute atomic E-state index is 0.151. The van der Waals surface area contributed by atoms with Gasteiger partial charge in [0.05, 0.1) is 17.3 Å². The summed E-state index contributed by atoms with van der Waals surface area (Å²) in [5, 5.41) is 8.68. The molecule has 0 bridgehead atoms. The van der Waals surface area contributed by atoms with Crippen LogP contribution in [-0.4, -0.2) is 18.9 Å². The third-order valence-corrected chi connectivity index (χ3v) is 3.41. The Morgan fingerprint density at radius 2 is 2.05 bits per heavy atom. The largest absolute Gasteiger partial charge is 0.368 e. The van der Waals surface area contributed by atoms with Crippen molar-refractivity contribution in [2.24, 2.45) is 5.41 Å². The Labute approximate surface area is 110 Å². The quantitative estimate of drug-likeness (QED) is 0.788. The number of hydrogen-bond acceptors (Lipinski definition) is 3. The van der Waals surface area contributed by atoms with E-state index in [0.29, 0.717) is 19.5 Å². The van der Waals surface area contributed by atoms with Crippen LogP contribution in [0.1, 0.15) is 30.6 Å². The molecule has 1 heterocycles. The van der Waals surface area contributed by atoms with Crippen LogP contribution in [0.4, 0.5) is 14.5 Å². The van der Waals surface area contributed by atoms with Gasteiger partial charge in [-0.1, -0.05) is 6.92 Å². The van der Waals surface area contributed by atoms with Gasteiger partial charge in [-0.05, 0) is 13.0 Å². The summed E-state index contributed by atoms with van der Waals surface area (Å²) in [4.78, 5) is 12.8. The number of carbonyl (C=O) groups is 1. The third-order valence-electron chi connectivity index (χ3n) is 3.41. The third kappa shape index (κ3) is 2.43. The van der Waals surface area contributed by atoms with Gasteiger partial charge < -0.3 is 4.90 Å². The average Bonchev–Trinajstić information content (AvgIpc) is 2.28. The van der Waals surface area contributed by atoms with E-state index in [1.807, 2.05) is 6.92 Å². The van der Waals surface area contributed by atoms with Crippen LogP contribution in [0.25, 0.3) is 0 Å². The molecule has 2 rings (SSSR count). The number of nitriles is 1. The Kier molecular flexibility index (Phi) is 3.27. The molecule has 3 nitrogen and oxygen atoms in total. The summed E-state index contributed by atoms with van der Waals surface area (Å²) >= 11 is 0. The maximum Gasteiger partial charge on any atom is 0.162 e. The fraction of sp³-hybridized carbons (Fsp3) is 0.429. The molecule has 0 aromatic heterocycles. The SMILES string of the molecule is CC(=O)c1cc(F)c(N2CC(C)(CC#N)C2)cc1F. The normalized spacial score (nSPS) is 16.7. The van der Waals surface area contributed by atoms with Crippen molar-refractivity contribution in [1.29, 1.82) is 5.26 Å². The molecule has 1 aliphatic rings. The molecule has 0 aliphatic carbocycles. The molecule has 0 atom stereocenters. The van der Waals surface area contributed by atoms with Gasteiger partial charge in [0, 0.05) is 31.0 Å². The Morgan fingerprint density at radius 1 is 1.42 bits per heavy atom. The highest BCUT2D eigenvalue weighted by molar-refractivity contribution is 5.94. The Balaban J connectivity index is 2.23. The van der Waals surface area contributed by atoms with E-state index in [4.69, 9.17) is 5.26 Å². The molecule has 5 heteroatoms. The molecule has 0 spiro atoms. The summed E-state index contributed by atoms with van der Waals surface area (Å²) in [6, 6.07) is 4.08. The van der Waals surface area contributed by atoms with E-state index in [2.05, 4.69) is 6.07 Å². The van der Waals surface area contributed by atoms with Crippen LogP contribution in [0, 0.1) is 28.4 Å². The Morgan fingerprint density at radius 3 is 2.58 bits per heavy atom. The van der Waals surface area contributed by atoms with Gasteiger partial charge in [0.1, 0.15) is 11.6 Å². The summed E-state index contributed by atoms with van der Waals surface area (Å²) in [7, 11) is 0. The van der Waals surface area contributed by atoms with Crippen molar-refractivity contribution < 1.29 is 13.6 Å². The number of carbonyl (C=O) groups excluding carboxylic acids is 1. The molecule has 0 amide bonds. The van der Waals surface area contributed by atoms with Crippen molar-refractivity contribution >= 4 is 11.5 Å². The fourth-order valence-electron chi connectivity index (χ4n) is 2.40. The zero-order valence-corrected chi connectivity index (χ0v) is 10.8. The molecule has 0 N–H and O–H groups in total. The number of benzene rings is 1. The molecule has 1 aromatic rings. The van der Waals surface area contributed by atoms with Crippen LogP contribution < -0.4 is 4.90 Å². The van der Waals surface area contributed by atoms with Crippen LogP contribution in [0.15, 0.2) is 12.1 Å². The summed E-state index contributed by atoms with van der Waals surface area (Å²) in [5.41, 5.74) is -0.254. The first-order valence-electron chi connectivity index (χ1n) is 5.98. The van der Waals surface area contributed by atoms with Crippen LogP contribution in [0.5, 0.6) is 0 Å². The average molecular weight is 264 g/mol. The lowest BCUT2D eigenvalue weighted by molar-refractivity contribution is 0.101. The van der Waals surface area contributed by atoms with E-state index in [1.165, 1.54) is 6.92 Å². The number of halogens is 2. The molecule has 1 aliphatic heterocycles. The molecule has 19 heavy (non-hydrogen) atoms. The first-order valence-corrected chi connectivity index (χ1v) is 5.98. The summed E-state index contributed by atoms with van der Waals surface area (Å²) in [5.74, 6) is -1.82. The second kappa shape index (κ2) is 4.61. The van der Waals surface area contributed by atoms with E-state index < -0.39 is 17.4 Å². The molecule has 1 saturated heterocycles. The van der Waals surface area contributed by atoms with Crippen molar-refractivity contribution in [3.05, 3.63) is 29.3 Å². The predicted molar refractivity (Wildman–Crippen MR) is 66.9 cm³/mol. The van der Waals surface area contributed by atoms with Gasteiger partial charge in [0.2, 0.25) is 0 Å². The molecule has 0 radical (unpaired) electrons. The van der Waals surface area contributed by atoms with Crippen molar-refractivity contribution in [2.45, 2.75) is 20.3 Å². The summed E-state index contributed by atoms with van der Waals surface area (Å²) in [6.45, 7) is 4.16. The minimum Gasteiger partial charge on any atom is -0.368 e. The van der Waals surface area contributed by atoms with Gasteiger partial charge >= 0.3 is 0 Å². The maximum atomic E-state index is 13.9. The maximum absolute atomic E-state index is 13.9. The second-order valence-electron chi connectivity index (χ2n) is 5.34. The highest BCUT2D eigenvalue weighted by atomic mass is 19.1. The molecule has 1 aromatic carbocycles. The lowest BCUT2D eigenvalue weighted by atomic mass is 9.79. The second-order valence-corrected chi connectivity index (χ2v) is 5.34. The molecular weight excluding hydrogens is 250 g/mol. The van der Waals surface area contributed by atoms with Crippen molar-refractivity contribution in [3.8, 4) is 6.07 Å². The summed E-state index contributed by atoms with van der Waals surface area (Å²) < 4.78 is 27.5. The van der Waals surface area contributed by atoms with Crippen LogP contribution in [-0.2, 0) is 0 Å². The van der Waals surface area contributed by atoms with Crippen LogP contribution in [0.3, 0.4) is 0 Å². The molecule has 1 fully saturated rings. The molecule has 100 valence electrons. The number of nitrogens with zero attached hydrogens (tertiary/aromatic N) is 2. The minimum atomic E-state index is -0.710. The van der Waals surface area contributed by atoms with E-state index in [0.717, 1.165) is 12.1 Å². The number of ketones is 1. The molecule has 0 saturated carbocycles. The van der Waals surface area contributed by atoms with E-state index >= 15 is 0 Å². The van der Waals surface area contributed by atoms with Gasteiger partial charge in [-0.15, -0.1) is 0 Å². The lowest BCUT2D eigenvalue weighted by Gasteiger charge is -2.48. The number of anilines is 1. The topological polar surface area (TPSA) is 44.1 Å². The highest BCUT2D eigenvalue weighted by Gasteiger charge is 2.39. The van der Waals surface area contributed by atoms with Crippen LogP contribution >= 0.6 is 0 Å². The zero-order valence-electron chi connectivity index (χ0n) is 10.8. The van der Waals surface area contributed by atoms with E-state index in [1.54, 1.807) is 4.90 Å². The van der Waals surface area contributed by atoms with Gasteiger partial charge in [0.15, 0.2) is 5.78 Å². The van der Waals surface area contributed by atoms with Gasteiger partial charge in [-0.25, -0.2) is 8.78 Å². The van der Waals surface area contributed by atoms with Crippen molar-refractivity contribution in [1.82, 2.24) is 0 Å². The first kappa shape index (κ1) is 13.5. The molecule has 0 unspecified atom stereocenters. The van der Waals surface area contributed by atoms with E-state index in [-0.39, 0.29) is 16.7 Å². The smallest absolute Gasteiger partial charge is 0.162 e. The predicted octanol–water partition coefficient (Wildman–Crippen LogP) is 2.91. The Bertz CT molecular complexity index is 572. The van der Waals surface area contributed by atoms with Gasteiger partial charge in [-0.2, -0.15) is 5.26 Å².